The van der Waals surface area contributed by atoms with E-state index in [-0.39, 0.29) is 12.7 Å². The molecule has 4 rings (SSSR count). The van der Waals surface area contributed by atoms with E-state index < -0.39 is 0 Å². The zero-order valence-electron chi connectivity index (χ0n) is 13.3. The minimum Gasteiger partial charge on any atom is -0.496 e. The topological polar surface area (TPSA) is 69.2 Å². The van der Waals surface area contributed by atoms with Crippen LogP contribution in [0.1, 0.15) is 5.56 Å². The van der Waals surface area contributed by atoms with E-state index in [4.69, 9.17) is 14.2 Å². The Morgan fingerprint density at radius 2 is 1.96 bits per heavy atom. The molecule has 0 spiro atoms. The first-order valence-corrected chi connectivity index (χ1v) is 8.37. The first kappa shape index (κ1) is 15.6. The average molecular weight is 354 g/mol. The summed E-state index contributed by atoms with van der Waals surface area (Å²) in [4.78, 5) is 17.2. The number of ether oxygens (including phenoxy) is 3. The summed E-state index contributed by atoms with van der Waals surface area (Å²) >= 11 is 1.28. The molecule has 1 fully saturated rings. The van der Waals surface area contributed by atoms with Gasteiger partial charge in [0.05, 0.1) is 17.7 Å². The van der Waals surface area contributed by atoms with Gasteiger partial charge in [-0.2, -0.15) is 0 Å². The number of hydrogen-bond donors (Lipinski definition) is 1. The van der Waals surface area contributed by atoms with Crippen LogP contribution >= 0.6 is 11.8 Å². The van der Waals surface area contributed by atoms with Crippen LogP contribution in [0.5, 0.6) is 17.2 Å². The highest BCUT2D eigenvalue weighted by Crippen LogP contribution is 2.40. The maximum absolute atomic E-state index is 12.2. The molecule has 0 aromatic heterocycles. The van der Waals surface area contributed by atoms with Crippen molar-refractivity contribution in [2.45, 2.75) is 0 Å². The largest absolute Gasteiger partial charge is 0.496 e. The molecule has 25 heavy (non-hydrogen) atoms. The maximum Gasteiger partial charge on any atom is 0.264 e. The van der Waals surface area contributed by atoms with Crippen molar-refractivity contribution >= 4 is 34.6 Å². The van der Waals surface area contributed by atoms with Crippen LogP contribution in [-0.4, -0.2) is 25.0 Å². The lowest BCUT2D eigenvalue weighted by Gasteiger charge is -2.06. The number of methoxy groups -OCH3 is 1. The third-order valence-electron chi connectivity index (χ3n) is 3.65. The number of para-hydroxylation sites is 1. The summed E-state index contributed by atoms with van der Waals surface area (Å²) in [6.45, 7) is 0.182. The van der Waals surface area contributed by atoms with Crippen molar-refractivity contribution in [3.05, 3.63) is 52.9 Å². The van der Waals surface area contributed by atoms with Gasteiger partial charge in [0, 0.05) is 11.6 Å². The molecule has 0 saturated carbocycles. The molecule has 0 bridgehead atoms. The number of hydrogen-bond acceptors (Lipinski definition) is 6. The first-order valence-electron chi connectivity index (χ1n) is 7.55. The van der Waals surface area contributed by atoms with Gasteiger partial charge in [-0.1, -0.05) is 18.2 Å². The van der Waals surface area contributed by atoms with Gasteiger partial charge in [0.25, 0.3) is 5.91 Å². The van der Waals surface area contributed by atoms with Gasteiger partial charge in [0.2, 0.25) is 6.79 Å². The number of rotatable bonds is 3. The quantitative estimate of drug-likeness (QED) is 0.857. The van der Waals surface area contributed by atoms with Gasteiger partial charge < -0.3 is 19.5 Å². The Morgan fingerprint density at radius 3 is 2.72 bits per heavy atom. The lowest BCUT2D eigenvalue weighted by atomic mass is 10.1. The molecule has 1 N–H and O–H groups in total. The van der Waals surface area contributed by atoms with Crippen molar-refractivity contribution < 1.29 is 19.0 Å². The van der Waals surface area contributed by atoms with Gasteiger partial charge in [-0.3, -0.25) is 4.79 Å². The molecule has 6 nitrogen and oxygen atoms in total. The second kappa shape index (κ2) is 6.52. The van der Waals surface area contributed by atoms with Crippen LogP contribution in [0.2, 0.25) is 0 Å². The summed E-state index contributed by atoms with van der Waals surface area (Å²) in [5.74, 6) is 1.68. The molecule has 2 heterocycles. The van der Waals surface area contributed by atoms with Crippen molar-refractivity contribution in [1.82, 2.24) is 5.32 Å². The molecule has 0 radical (unpaired) electrons. The zero-order chi connectivity index (χ0) is 17.2. The molecule has 1 amide bonds. The average Bonchev–Trinajstić information content (AvgIpc) is 3.21. The van der Waals surface area contributed by atoms with E-state index in [1.807, 2.05) is 30.3 Å². The summed E-state index contributed by atoms with van der Waals surface area (Å²) < 4.78 is 16.1. The van der Waals surface area contributed by atoms with Crippen molar-refractivity contribution in [3.63, 3.8) is 0 Å². The lowest BCUT2D eigenvalue weighted by Crippen LogP contribution is -2.19. The Balaban J connectivity index is 1.64. The Hall–Kier alpha value is -2.93. The molecule has 2 aromatic rings. The van der Waals surface area contributed by atoms with Crippen LogP contribution < -0.4 is 19.5 Å². The second-order valence-corrected chi connectivity index (χ2v) is 6.30. The molecular formula is C18H14N2O4S. The van der Waals surface area contributed by atoms with Gasteiger partial charge >= 0.3 is 0 Å². The van der Waals surface area contributed by atoms with Crippen molar-refractivity contribution in [2.75, 3.05) is 13.9 Å². The fraction of sp³-hybridized carbons (Fsp3) is 0.111. The highest BCUT2D eigenvalue weighted by atomic mass is 32.2. The van der Waals surface area contributed by atoms with E-state index in [0.29, 0.717) is 27.3 Å². The Kier molecular flexibility index (Phi) is 4.07. The predicted molar refractivity (Wildman–Crippen MR) is 96.4 cm³/mol. The molecule has 2 aliphatic rings. The van der Waals surface area contributed by atoms with Gasteiger partial charge in [-0.15, -0.1) is 0 Å². The van der Waals surface area contributed by atoms with Crippen LogP contribution in [0.15, 0.2) is 52.4 Å². The van der Waals surface area contributed by atoms with E-state index in [2.05, 4.69) is 10.3 Å². The molecule has 2 aliphatic heterocycles. The van der Waals surface area contributed by atoms with E-state index in [1.54, 1.807) is 25.3 Å². The normalized spacial score (nSPS) is 18.7. The lowest BCUT2D eigenvalue weighted by molar-refractivity contribution is -0.115. The predicted octanol–water partition coefficient (Wildman–Crippen LogP) is 3.32. The number of amides is 1. The minimum atomic E-state index is -0.195. The van der Waals surface area contributed by atoms with Crippen LogP contribution in [0.3, 0.4) is 0 Å². The summed E-state index contributed by atoms with van der Waals surface area (Å²) in [5, 5.41) is 3.32. The highest BCUT2D eigenvalue weighted by Gasteiger charge is 2.25. The third kappa shape index (κ3) is 3.18. The van der Waals surface area contributed by atoms with E-state index in [0.717, 1.165) is 11.3 Å². The number of nitrogens with one attached hydrogen (secondary N) is 1. The van der Waals surface area contributed by atoms with Crippen LogP contribution in [-0.2, 0) is 4.79 Å². The number of thioether (sulfide) groups is 1. The van der Waals surface area contributed by atoms with E-state index in [1.165, 1.54) is 11.8 Å². The fourth-order valence-electron chi connectivity index (χ4n) is 2.47. The highest BCUT2D eigenvalue weighted by molar-refractivity contribution is 8.18. The smallest absolute Gasteiger partial charge is 0.264 e. The molecule has 0 aliphatic carbocycles. The van der Waals surface area contributed by atoms with Gasteiger partial charge in [-0.05, 0) is 36.0 Å². The van der Waals surface area contributed by atoms with Gasteiger partial charge in [0.15, 0.2) is 16.7 Å². The van der Waals surface area contributed by atoms with Crippen molar-refractivity contribution in [1.29, 1.82) is 0 Å². The minimum absolute atomic E-state index is 0.182. The fourth-order valence-corrected chi connectivity index (χ4v) is 3.30. The zero-order valence-corrected chi connectivity index (χ0v) is 14.1. The summed E-state index contributed by atoms with van der Waals surface area (Å²) in [6.07, 6.45) is 1.76. The van der Waals surface area contributed by atoms with Crippen molar-refractivity contribution in [2.24, 2.45) is 4.99 Å². The number of benzene rings is 2. The number of fused-ring (bicyclic) bond motifs is 1. The number of aliphatic imine (C=N–C) groups is 1. The van der Waals surface area contributed by atoms with Crippen LogP contribution in [0.4, 0.5) is 5.69 Å². The van der Waals surface area contributed by atoms with E-state index in [9.17, 15) is 4.79 Å². The number of nitrogens with zero attached hydrogens (tertiary/aromatic N) is 1. The maximum atomic E-state index is 12.2. The second-order valence-electron chi connectivity index (χ2n) is 5.26. The standard InChI is InChI=1S/C18H14N2O4S/c1-22-13-9-15-14(23-10-24-15)7-11(13)8-16-17(21)20-18(25-16)19-12-5-3-2-4-6-12/h2-9H,10H2,1H3,(H,19,20,21)/b16-8+. The van der Waals surface area contributed by atoms with Gasteiger partial charge in [-0.25, -0.2) is 4.99 Å². The molecule has 1 saturated heterocycles. The number of carbonyl (C=O) groups is 1. The van der Waals surface area contributed by atoms with Crippen LogP contribution in [0.25, 0.3) is 6.08 Å². The Bertz CT molecular complexity index is 893. The SMILES string of the molecule is COc1cc2c(cc1/C=C1/SC(=Nc3ccccc3)NC1=O)OCO2. The summed E-state index contributed by atoms with van der Waals surface area (Å²) in [5.41, 5.74) is 1.53. The number of carbonyl (C=O) groups excluding carboxylic acids is 1. The first-order chi connectivity index (χ1) is 12.2. The monoisotopic (exact) mass is 354 g/mol. The molecule has 2 aromatic carbocycles. The Morgan fingerprint density at radius 1 is 1.20 bits per heavy atom. The molecule has 0 unspecified atom stereocenters. The molecular weight excluding hydrogens is 340 g/mol. The number of amidine groups is 1. The Labute approximate surface area is 148 Å². The van der Waals surface area contributed by atoms with Crippen molar-refractivity contribution in [3.8, 4) is 17.2 Å². The molecule has 7 heteroatoms. The molecule has 0 atom stereocenters. The molecule has 126 valence electrons. The summed E-state index contributed by atoms with van der Waals surface area (Å²) in [7, 11) is 1.57. The summed E-state index contributed by atoms with van der Waals surface area (Å²) in [6, 6.07) is 13.0. The van der Waals surface area contributed by atoms with Crippen LogP contribution in [0, 0.1) is 0 Å². The van der Waals surface area contributed by atoms with E-state index >= 15 is 0 Å². The van der Waals surface area contributed by atoms with Gasteiger partial charge in [0.1, 0.15) is 5.75 Å². The third-order valence-corrected chi connectivity index (χ3v) is 4.56.